The van der Waals surface area contributed by atoms with Crippen molar-refractivity contribution < 1.29 is 19.1 Å². The summed E-state index contributed by atoms with van der Waals surface area (Å²) < 4.78 is 6.39. The molecule has 5 aromatic carbocycles. The molecule has 5 aromatic rings. The zero-order valence-corrected chi connectivity index (χ0v) is 23.7. The summed E-state index contributed by atoms with van der Waals surface area (Å²) in [5.74, 6) is -2.87. The molecule has 214 valence electrons. The van der Waals surface area contributed by atoms with E-state index in [2.05, 4.69) is 0 Å². The summed E-state index contributed by atoms with van der Waals surface area (Å²) >= 11 is 0. The van der Waals surface area contributed by atoms with Crippen molar-refractivity contribution in [1.29, 1.82) is 0 Å². The first-order valence-electron chi connectivity index (χ1n) is 14.8. The van der Waals surface area contributed by atoms with Gasteiger partial charge in [-0.15, -0.1) is 0 Å². The number of carbonyl (C=O) groups excluding carboxylic acids is 3. The topological polar surface area (TPSA) is 66.9 Å². The monoisotopic (exact) mass is 576 g/mol. The van der Waals surface area contributed by atoms with Gasteiger partial charge in [0, 0.05) is 11.1 Å². The van der Waals surface area contributed by atoms with Gasteiger partial charge in [0.05, 0.1) is 23.6 Å². The largest absolute Gasteiger partial charge is 0.451 e. The van der Waals surface area contributed by atoms with Crippen molar-refractivity contribution >= 4 is 46.0 Å². The van der Waals surface area contributed by atoms with Crippen LogP contribution in [0, 0.1) is 11.8 Å². The fraction of sp³-hybridized carbons (Fsp3) is 0.132. The first-order chi connectivity index (χ1) is 21.6. The van der Waals surface area contributed by atoms with Crippen LogP contribution in [-0.4, -0.2) is 29.9 Å². The van der Waals surface area contributed by atoms with Crippen LogP contribution in [0.15, 0.2) is 133 Å². The summed E-state index contributed by atoms with van der Waals surface area (Å²) in [6.45, 7) is 0. The molecule has 2 fully saturated rings. The number of esters is 1. The molecule has 0 aromatic heterocycles. The van der Waals surface area contributed by atoms with Gasteiger partial charge in [-0.1, -0.05) is 127 Å². The summed E-state index contributed by atoms with van der Waals surface area (Å²) in [5, 5.41) is 1.74. The SMILES string of the molecule is O=C(OC(c1ccccc1)c1ccccc1)[C@@H]1[C@@H]2C(=O)N(c3cccc4ccccc34)C(=O)[C@H]2[C@H]2C=Cc3ccccc3N21. The molecule has 2 amide bonds. The van der Waals surface area contributed by atoms with Crippen molar-refractivity contribution in [3.8, 4) is 0 Å². The first-order valence-corrected chi connectivity index (χ1v) is 14.8. The minimum absolute atomic E-state index is 0.298. The lowest BCUT2D eigenvalue weighted by molar-refractivity contribution is -0.151. The number of fused-ring (bicyclic) bond motifs is 6. The number of hydrogen-bond donors (Lipinski definition) is 0. The Morgan fingerprint density at radius 1 is 0.636 bits per heavy atom. The molecule has 0 aliphatic carbocycles. The van der Waals surface area contributed by atoms with E-state index in [9.17, 15) is 14.4 Å². The fourth-order valence-corrected chi connectivity index (χ4v) is 7.20. The van der Waals surface area contributed by atoms with E-state index in [1.807, 2.05) is 138 Å². The quantitative estimate of drug-likeness (QED) is 0.175. The minimum Gasteiger partial charge on any atom is -0.451 e. The van der Waals surface area contributed by atoms with Crippen LogP contribution in [0.5, 0.6) is 0 Å². The molecule has 8 rings (SSSR count). The van der Waals surface area contributed by atoms with Crippen molar-refractivity contribution in [3.63, 3.8) is 0 Å². The Morgan fingerprint density at radius 2 is 1.23 bits per heavy atom. The molecule has 0 unspecified atom stereocenters. The lowest BCUT2D eigenvalue weighted by Gasteiger charge is -2.36. The summed E-state index contributed by atoms with van der Waals surface area (Å²) in [5.41, 5.74) is 3.92. The van der Waals surface area contributed by atoms with Crippen LogP contribution >= 0.6 is 0 Å². The highest BCUT2D eigenvalue weighted by Crippen LogP contribution is 2.50. The number of nitrogens with zero attached hydrogens (tertiary/aromatic N) is 2. The predicted molar refractivity (Wildman–Crippen MR) is 170 cm³/mol. The molecule has 2 saturated heterocycles. The Labute approximate surface area is 254 Å². The highest BCUT2D eigenvalue weighted by molar-refractivity contribution is 6.27. The molecule has 6 nitrogen and oxygen atoms in total. The maximum atomic E-state index is 14.5. The molecule has 0 saturated carbocycles. The lowest BCUT2D eigenvalue weighted by Crippen LogP contribution is -2.49. The number of hydrogen-bond acceptors (Lipinski definition) is 5. The van der Waals surface area contributed by atoms with Crippen LogP contribution in [0.2, 0.25) is 0 Å². The summed E-state index contributed by atoms with van der Waals surface area (Å²) in [6.07, 6.45) is 3.26. The van der Waals surface area contributed by atoms with Gasteiger partial charge in [0.2, 0.25) is 11.8 Å². The van der Waals surface area contributed by atoms with Crippen LogP contribution in [0.1, 0.15) is 22.8 Å². The van der Waals surface area contributed by atoms with Gasteiger partial charge in [-0.3, -0.25) is 9.59 Å². The van der Waals surface area contributed by atoms with E-state index in [1.165, 1.54) is 4.90 Å². The van der Waals surface area contributed by atoms with Gasteiger partial charge in [-0.25, -0.2) is 9.69 Å². The lowest BCUT2D eigenvalue weighted by atomic mass is 9.88. The third kappa shape index (κ3) is 3.98. The van der Waals surface area contributed by atoms with E-state index in [-0.39, 0.29) is 11.8 Å². The maximum absolute atomic E-state index is 14.5. The van der Waals surface area contributed by atoms with Gasteiger partial charge in [0.15, 0.2) is 6.10 Å². The second-order valence-electron chi connectivity index (χ2n) is 11.5. The third-order valence-corrected chi connectivity index (χ3v) is 9.10. The molecule has 0 radical (unpaired) electrons. The molecule has 3 aliphatic rings. The summed E-state index contributed by atoms with van der Waals surface area (Å²) in [6, 6.07) is 38.8. The van der Waals surface area contributed by atoms with E-state index in [0.717, 1.165) is 33.2 Å². The number of rotatable bonds is 5. The zero-order valence-electron chi connectivity index (χ0n) is 23.7. The molecule has 3 aliphatic heterocycles. The van der Waals surface area contributed by atoms with E-state index in [1.54, 1.807) is 6.07 Å². The van der Waals surface area contributed by atoms with Crippen molar-refractivity contribution in [3.05, 3.63) is 150 Å². The second kappa shape index (κ2) is 10.3. The highest BCUT2D eigenvalue weighted by atomic mass is 16.5. The summed E-state index contributed by atoms with van der Waals surface area (Å²) in [4.78, 5) is 46.6. The van der Waals surface area contributed by atoms with E-state index >= 15 is 0 Å². The number of benzene rings is 5. The van der Waals surface area contributed by atoms with E-state index in [4.69, 9.17) is 4.74 Å². The van der Waals surface area contributed by atoms with Crippen LogP contribution in [-0.2, 0) is 19.1 Å². The van der Waals surface area contributed by atoms with E-state index in [0.29, 0.717) is 5.69 Å². The average Bonchev–Trinajstić information content (AvgIpc) is 3.56. The molecular weight excluding hydrogens is 548 g/mol. The number of amides is 2. The van der Waals surface area contributed by atoms with Gasteiger partial charge in [0.25, 0.3) is 0 Å². The third-order valence-electron chi connectivity index (χ3n) is 9.10. The Bertz CT molecular complexity index is 1910. The Morgan fingerprint density at radius 3 is 1.98 bits per heavy atom. The molecule has 3 heterocycles. The minimum atomic E-state index is -0.998. The summed E-state index contributed by atoms with van der Waals surface area (Å²) in [7, 11) is 0. The van der Waals surface area contributed by atoms with E-state index < -0.39 is 36.0 Å². The molecule has 0 N–H and O–H groups in total. The van der Waals surface area contributed by atoms with Gasteiger partial charge < -0.3 is 9.64 Å². The van der Waals surface area contributed by atoms with Gasteiger partial charge >= 0.3 is 5.97 Å². The maximum Gasteiger partial charge on any atom is 0.330 e. The van der Waals surface area contributed by atoms with Crippen LogP contribution in [0.4, 0.5) is 11.4 Å². The number of imide groups is 1. The highest BCUT2D eigenvalue weighted by Gasteiger charge is 2.65. The number of carbonyl (C=O) groups is 3. The molecule has 0 spiro atoms. The van der Waals surface area contributed by atoms with Gasteiger partial charge in [-0.2, -0.15) is 0 Å². The molecule has 6 heteroatoms. The average molecular weight is 577 g/mol. The first kappa shape index (κ1) is 26.2. The standard InChI is InChI=1S/C38H28N2O4/c41-36-32-31-23-22-25-13-8-10-20-29(25)39(31)34(33(32)37(42)40(36)30-21-11-18-24-12-7-9-19-28(24)30)38(43)44-35(26-14-3-1-4-15-26)27-16-5-2-6-17-27/h1-23,31-35H/t31-,32+,33-,34+/m1/s1. The van der Waals surface area contributed by atoms with Crippen molar-refractivity contribution in [2.75, 3.05) is 9.80 Å². The normalized spacial score (nSPS) is 21.8. The fourth-order valence-electron chi connectivity index (χ4n) is 7.20. The van der Waals surface area contributed by atoms with Crippen molar-refractivity contribution in [2.45, 2.75) is 18.2 Å². The molecule has 44 heavy (non-hydrogen) atoms. The Kier molecular flexibility index (Phi) is 6.15. The smallest absolute Gasteiger partial charge is 0.330 e. The van der Waals surface area contributed by atoms with Gasteiger partial charge in [0.1, 0.15) is 6.04 Å². The van der Waals surface area contributed by atoms with Crippen LogP contribution < -0.4 is 9.80 Å². The molecule has 0 bridgehead atoms. The van der Waals surface area contributed by atoms with Crippen LogP contribution in [0.3, 0.4) is 0 Å². The number of anilines is 2. The molecule has 4 atom stereocenters. The van der Waals surface area contributed by atoms with Crippen LogP contribution in [0.25, 0.3) is 16.8 Å². The Balaban J connectivity index is 1.24. The Hall–Kier alpha value is -5.49. The zero-order chi connectivity index (χ0) is 29.8. The molecular formula is C38H28N2O4. The number of ether oxygens (including phenoxy) is 1. The number of para-hydroxylation sites is 1. The van der Waals surface area contributed by atoms with Crippen molar-refractivity contribution in [2.24, 2.45) is 11.8 Å². The van der Waals surface area contributed by atoms with Gasteiger partial charge in [-0.05, 0) is 34.2 Å². The van der Waals surface area contributed by atoms with Crippen molar-refractivity contribution in [1.82, 2.24) is 0 Å². The predicted octanol–water partition coefficient (Wildman–Crippen LogP) is 6.56. The second-order valence-corrected chi connectivity index (χ2v) is 11.5.